The number of fused-ring (bicyclic) bond motifs is 2. The fourth-order valence-electron chi connectivity index (χ4n) is 4.52. The molecule has 164 valence electrons. The first-order valence-corrected chi connectivity index (χ1v) is 11.3. The number of carbonyl (C=O) groups excluding carboxylic acids is 1. The molecule has 32 heavy (non-hydrogen) atoms. The first-order chi connectivity index (χ1) is 15.5. The van der Waals surface area contributed by atoms with E-state index in [2.05, 4.69) is 35.9 Å². The van der Waals surface area contributed by atoms with Crippen LogP contribution in [0.5, 0.6) is 0 Å². The van der Waals surface area contributed by atoms with E-state index in [4.69, 9.17) is 9.52 Å². The maximum Gasteiger partial charge on any atom is 0.271 e. The molecule has 1 unspecified atom stereocenters. The van der Waals surface area contributed by atoms with Crippen LogP contribution in [0.2, 0.25) is 0 Å². The predicted octanol–water partition coefficient (Wildman–Crippen LogP) is 4.85. The minimum absolute atomic E-state index is 0.125. The number of aryl methyl sites for hydroxylation is 1. The first kappa shape index (κ1) is 20.6. The fraction of sp³-hybridized carbons (Fsp3) is 0.346. The van der Waals surface area contributed by atoms with Crippen molar-refractivity contribution in [2.45, 2.75) is 33.6 Å². The van der Waals surface area contributed by atoms with Crippen molar-refractivity contribution in [3.8, 4) is 0 Å². The van der Waals surface area contributed by atoms with E-state index in [0.717, 1.165) is 66.1 Å². The number of hydrogen-bond acceptors (Lipinski definition) is 5. The molecule has 1 amide bonds. The quantitative estimate of drug-likeness (QED) is 0.701. The fourth-order valence-corrected chi connectivity index (χ4v) is 4.52. The molecule has 1 aromatic heterocycles. The van der Waals surface area contributed by atoms with E-state index in [1.54, 1.807) is 11.1 Å². The lowest BCUT2D eigenvalue weighted by Crippen LogP contribution is -2.32. The van der Waals surface area contributed by atoms with Crippen molar-refractivity contribution in [1.82, 2.24) is 14.9 Å². The summed E-state index contributed by atoms with van der Waals surface area (Å²) in [4.78, 5) is 20.1. The average molecular weight is 429 g/mol. The molecule has 0 saturated carbocycles. The van der Waals surface area contributed by atoms with Crippen molar-refractivity contribution in [1.29, 1.82) is 0 Å². The third-order valence-electron chi connectivity index (χ3n) is 6.46. The molecule has 6 heteroatoms. The zero-order valence-electron chi connectivity index (χ0n) is 18.8. The molecule has 0 saturated heterocycles. The molecule has 0 spiro atoms. The number of rotatable bonds is 3. The van der Waals surface area contributed by atoms with Crippen LogP contribution in [-0.2, 0) is 4.79 Å². The summed E-state index contributed by atoms with van der Waals surface area (Å²) in [5.41, 5.74) is 6.48. The molecule has 1 aromatic carbocycles. The number of carbonyl (C=O) groups is 1. The largest absolute Gasteiger partial charge is 0.441 e. The lowest BCUT2D eigenvalue weighted by Gasteiger charge is -2.28. The van der Waals surface area contributed by atoms with Gasteiger partial charge in [-0.25, -0.2) is 4.98 Å². The van der Waals surface area contributed by atoms with E-state index in [1.807, 2.05) is 37.3 Å². The average Bonchev–Trinajstić information content (AvgIpc) is 3.19. The molecular weight excluding hydrogens is 400 g/mol. The van der Waals surface area contributed by atoms with Crippen LogP contribution in [0.3, 0.4) is 0 Å². The van der Waals surface area contributed by atoms with Gasteiger partial charge in [0.1, 0.15) is 5.52 Å². The number of amides is 1. The molecule has 4 heterocycles. The third kappa shape index (κ3) is 3.86. The maximum atomic E-state index is 13.3. The monoisotopic (exact) mass is 428 g/mol. The Morgan fingerprint density at radius 3 is 2.88 bits per heavy atom. The zero-order chi connectivity index (χ0) is 22.2. The Morgan fingerprint density at radius 1 is 1.22 bits per heavy atom. The number of hydrogen-bond donors (Lipinski definition) is 0. The van der Waals surface area contributed by atoms with Crippen LogP contribution in [-0.4, -0.2) is 46.1 Å². The Bertz CT molecular complexity index is 1230. The van der Waals surface area contributed by atoms with E-state index in [1.165, 1.54) is 5.57 Å². The Labute approximate surface area is 188 Å². The van der Waals surface area contributed by atoms with E-state index < -0.39 is 0 Å². The molecule has 0 aliphatic carbocycles. The molecule has 0 bridgehead atoms. The Morgan fingerprint density at radius 2 is 2.09 bits per heavy atom. The standard InChI is InChI=1S/C26H28N4O2/c1-4-29-13-11-19(12-14-29)23-10-8-21-7-5-17(2)22(16-26(31)30(21)28-23)20-6-9-24-25(15-20)32-18(3)27-24/h6-11,15-17H,4-5,12-14H2,1-3H3. The maximum absolute atomic E-state index is 13.3. The second-order valence-electron chi connectivity index (χ2n) is 8.62. The highest BCUT2D eigenvalue weighted by Crippen LogP contribution is 2.32. The van der Waals surface area contributed by atoms with Crippen molar-refractivity contribution >= 4 is 28.3 Å². The van der Waals surface area contributed by atoms with Crippen LogP contribution in [0.4, 0.5) is 0 Å². The van der Waals surface area contributed by atoms with Gasteiger partial charge in [0.05, 0.1) is 11.4 Å². The van der Waals surface area contributed by atoms with Gasteiger partial charge in [0.25, 0.3) is 5.91 Å². The minimum atomic E-state index is -0.125. The number of likely N-dealkylation sites (N-methyl/N-ethyl adjacent to an activating group) is 1. The Kier molecular flexibility index (Phi) is 5.39. The summed E-state index contributed by atoms with van der Waals surface area (Å²) in [6.07, 6.45) is 11.9. The molecule has 3 aliphatic rings. The van der Waals surface area contributed by atoms with Gasteiger partial charge in [-0.1, -0.05) is 32.1 Å². The van der Waals surface area contributed by atoms with Crippen molar-refractivity contribution in [3.05, 3.63) is 71.3 Å². The van der Waals surface area contributed by atoms with E-state index in [-0.39, 0.29) is 11.8 Å². The molecule has 6 nitrogen and oxygen atoms in total. The zero-order valence-corrected chi connectivity index (χ0v) is 18.8. The minimum Gasteiger partial charge on any atom is -0.441 e. The molecular formula is C26H28N4O2. The lowest BCUT2D eigenvalue weighted by atomic mass is 9.89. The van der Waals surface area contributed by atoms with Gasteiger partial charge < -0.3 is 4.42 Å². The van der Waals surface area contributed by atoms with E-state index >= 15 is 0 Å². The summed E-state index contributed by atoms with van der Waals surface area (Å²) in [5.74, 6) is 0.705. The second-order valence-corrected chi connectivity index (χ2v) is 8.62. The van der Waals surface area contributed by atoms with Crippen LogP contribution >= 0.6 is 0 Å². The highest BCUT2D eigenvalue weighted by molar-refractivity contribution is 6.10. The summed E-state index contributed by atoms with van der Waals surface area (Å²) >= 11 is 0. The van der Waals surface area contributed by atoms with Gasteiger partial charge in [0.2, 0.25) is 0 Å². The molecule has 0 fully saturated rings. The van der Waals surface area contributed by atoms with Crippen molar-refractivity contribution < 1.29 is 9.21 Å². The van der Waals surface area contributed by atoms with Crippen molar-refractivity contribution in [3.63, 3.8) is 0 Å². The summed E-state index contributed by atoms with van der Waals surface area (Å²) in [6, 6.07) is 5.95. The topological polar surface area (TPSA) is 61.9 Å². The van der Waals surface area contributed by atoms with Gasteiger partial charge in [-0.15, -0.1) is 0 Å². The second kappa shape index (κ2) is 8.36. The van der Waals surface area contributed by atoms with Crippen LogP contribution in [0.15, 0.2) is 69.4 Å². The highest BCUT2D eigenvalue weighted by atomic mass is 16.3. The number of nitrogens with zero attached hydrogens (tertiary/aromatic N) is 4. The van der Waals surface area contributed by atoms with Gasteiger partial charge in [0.15, 0.2) is 11.5 Å². The number of aromatic nitrogens is 1. The summed E-state index contributed by atoms with van der Waals surface area (Å²) in [6.45, 7) is 9.18. The van der Waals surface area contributed by atoms with E-state index in [9.17, 15) is 4.79 Å². The molecule has 2 aromatic rings. The van der Waals surface area contributed by atoms with Gasteiger partial charge in [0, 0.05) is 26.1 Å². The Hall–Kier alpha value is -3.25. The number of benzene rings is 1. The van der Waals surface area contributed by atoms with Gasteiger partial charge in [-0.3, -0.25) is 9.69 Å². The van der Waals surface area contributed by atoms with Crippen LogP contribution in [0.25, 0.3) is 16.7 Å². The number of hydrazone groups is 1. The number of oxazole rings is 1. The molecule has 3 aliphatic heterocycles. The number of allylic oxidation sites excluding steroid dienone is 4. The molecule has 1 atom stereocenters. The SMILES string of the molecule is CCN1CC=C(C2=NN3C(=O)C=C(c4ccc5nc(C)oc5c4)C(C)CC=C3C=C2)CC1. The van der Waals surface area contributed by atoms with Crippen LogP contribution in [0.1, 0.15) is 38.1 Å². The molecule has 5 rings (SSSR count). The highest BCUT2D eigenvalue weighted by Gasteiger charge is 2.25. The van der Waals surface area contributed by atoms with Crippen molar-refractivity contribution in [2.24, 2.45) is 11.0 Å². The summed E-state index contributed by atoms with van der Waals surface area (Å²) in [5, 5.41) is 6.30. The molecule has 0 N–H and O–H groups in total. The van der Waals surface area contributed by atoms with Crippen LogP contribution in [0, 0.1) is 12.8 Å². The molecule has 0 radical (unpaired) electrons. The normalized spacial score (nSPS) is 22.0. The van der Waals surface area contributed by atoms with E-state index in [0.29, 0.717) is 5.89 Å². The Balaban J connectivity index is 1.47. The summed E-state index contributed by atoms with van der Waals surface area (Å²) < 4.78 is 5.71. The lowest BCUT2D eigenvalue weighted by molar-refractivity contribution is -0.124. The smallest absolute Gasteiger partial charge is 0.271 e. The predicted molar refractivity (Wildman–Crippen MR) is 127 cm³/mol. The third-order valence-corrected chi connectivity index (χ3v) is 6.46. The van der Waals surface area contributed by atoms with Crippen molar-refractivity contribution in [2.75, 3.05) is 19.6 Å². The first-order valence-electron chi connectivity index (χ1n) is 11.3. The summed E-state index contributed by atoms with van der Waals surface area (Å²) in [7, 11) is 0. The van der Waals surface area contributed by atoms with Gasteiger partial charge in [-0.2, -0.15) is 10.1 Å². The van der Waals surface area contributed by atoms with Gasteiger partial charge >= 0.3 is 0 Å². The van der Waals surface area contributed by atoms with Crippen LogP contribution < -0.4 is 0 Å². The van der Waals surface area contributed by atoms with Gasteiger partial charge in [-0.05, 0) is 66.3 Å².